The first-order valence-electron chi connectivity index (χ1n) is 8.13. The van der Waals surface area contributed by atoms with Crippen LogP contribution in [-0.2, 0) is 4.74 Å². The van der Waals surface area contributed by atoms with Crippen LogP contribution in [0.4, 0.5) is 0 Å². The van der Waals surface area contributed by atoms with Crippen LogP contribution in [0.25, 0.3) is 0 Å². The number of benzene rings is 1. The first-order chi connectivity index (χ1) is 11.6. The minimum absolute atomic E-state index is 0.522. The quantitative estimate of drug-likeness (QED) is 0.461. The molecule has 0 atom stereocenters. The van der Waals surface area contributed by atoms with Crippen LogP contribution in [0.2, 0.25) is 0 Å². The lowest BCUT2D eigenvalue weighted by Crippen LogP contribution is -2.42. The molecule has 0 radical (unpaired) electrons. The first kappa shape index (κ1) is 18.6. The van der Waals surface area contributed by atoms with Crippen molar-refractivity contribution in [2.24, 2.45) is 5.10 Å². The molecular formula is C17H26N4O2S. The van der Waals surface area contributed by atoms with Crippen molar-refractivity contribution in [2.75, 3.05) is 46.5 Å². The van der Waals surface area contributed by atoms with Crippen molar-refractivity contribution in [3.05, 3.63) is 29.3 Å². The molecule has 6 nitrogen and oxygen atoms in total. The Morgan fingerprint density at radius 1 is 1.38 bits per heavy atom. The van der Waals surface area contributed by atoms with Crippen molar-refractivity contribution in [3.63, 3.8) is 0 Å². The van der Waals surface area contributed by atoms with Gasteiger partial charge in [-0.2, -0.15) is 5.10 Å². The molecule has 0 aliphatic carbocycles. The van der Waals surface area contributed by atoms with Gasteiger partial charge in [-0.05, 0) is 38.2 Å². The summed E-state index contributed by atoms with van der Waals surface area (Å²) < 4.78 is 10.7. The topological polar surface area (TPSA) is 58.1 Å². The van der Waals surface area contributed by atoms with Crippen LogP contribution in [-0.4, -0.2) is 62.2 Å². The molecule has 2 rings (SSSR count). The number of morpholine rings is 1. The third-order valence-electron chi connectivity index (χ3n) is 3.89. The number of thiocarbonyl (C=S) groups is 1. The van der Waals surface area contributed by atoms with Crippen LogP contribution in [0.3, 0.4) is 0 Å². The van der Waals surface area contributed by atoms with Crippen LogP contribution in [0, 0.1) is 6.92 Å². The molecule has 1 aromatic carbocycles. The van der Waals surface area contributed by atoms with E-state index in [1.165, 1.54) is 0 Å². The number of rotatable bonds is 6. The van der Waals surface area contributed by atoms with Gasteiger partial charge in [-0.3, -0.25) is 10.3 Å². The van der Waals surface area contributed by atoms with Crippen molar-refractivity contribution in [3.8, 4) is 5.75 Å². The molecule has 0 amide bonds. The average molecular weight is 350 g/mol. The number of hydrogen-bond donors (Lipinski definition) is 2. The van der Waals surface area contributed by atoms with Gasteiger partial charge in [-0.15, -0.1) is 0 Å². The molecule has 132 valence electrons. The molecule has 1 heterocycles. The summed E-state index contributed by atoms with van der Waals surface area (Å²) in [4.78, 5) is 2.35. The second-order valence-electron chi connectivity index (χ2n) is 5.72. The minimum atomic E-state index is 0.522. The Labute approximate surface area is 149 Å². The summed E-state index contributed by atoms with van der Waals surface area (Å²) in [5.41, 5.74) is 5.84. The van der Waals surface area contributed by atoms with E-state index >= 15 is 0 Å². The van der Waals surface area contributed by atoms with Gasteiger partial charge in [-0.1, -0.05) is 11.6 Å². The van der Waals surface area contributed by atoms with E-state index in [1.807, 2.05) is 32.0 Å². The van der Waals surface area contributed by atoms with Gasteiger partial charge in [0.15, 0.2) is 5.11 Å². The molecule has 1 aliphatic heterocycles. The average Bonchev–Trinajstić information content (AvgIpc) is 2.60. The molecule has 24 heavy (non-hydrogen) atoms. The Bertz CT molecular complexity index is 586. The number of hydrogen-bond acceptors (Lipinski definition) is 5. The molecule has 2 N–H and O–H groups in total. The summed E-state index contributed by atoms with van der Waals surface area (Å²) in [6.07, 6.45) is 0. The van der Waals surface area contributed by atoms with Gasteiger partial charge in [0.05, 0.1) is 26.0 Å². The summed E-state index contributed by atoms with van der Waals surface area (Å²) in [6, 6.07) is 6.01. The Hall–Kier alpha value is -1.70. The molecule has 0 aromatic heterocycles. The highest BCUT2D eigenvalue weighted by Gasteiger charge is 2.10. The fourth-order valence-corrected chi connectivity index (χ4v) is 2.64. The summed E-state index contributed by atoms with van der Waals surface area (Å²) in [7, 11) is 1.66. The third-order valence-corrected chi connectivity index (χ3v) is 4.12. The van der Waals surface area contributed by atoms with E-state index in [1.54, 1.807) is 7.11 Å². The van der Waals surface area contributed by atoms with E-state index < -0.39 is 0 Å². The van der Waals surface area contributed by atoms with Crippen molar-refractivity contribution in [1.29, 1.82) is 0 Å². The Morgan fingerprint density at radius 2 is 2.12 bits per heavy atom. The van der Waals surface area contributed by atoms with Gasteiger partial charge in [0.1, 0.15) is 5.75 Å². The number of aryl methyl sites for hydroxylation is 1. The van der Waals surface area contributed by atoms with Crippen molar-refractivity contribution in [2.45, 2.75) is 13.8 Å². The number of nitrogens with one attached hydrogen (secondary N) is 2. The fourth-order valence-electron chi connectivity index (χ4n) is 2.49. The highest BCUT2D eigenvalue weighted by atomic mass is 32.1. The second-order valence-corrected chi connectivity index (χ2v) is 6.13. The molecule has 1 saturated heterocycles. The normalized spacial score (nSPS) is 15.9. The molecule has 0 bridgehead atoms. The number of ether oxygens (including phenoxy) is 2. The lowest BCUT2D eigenvalue weighted by atomic mass is 10.1. The van der Waals surface area contributed by atoms with Gasteiger partial charge in [0.2, 0.25) is 0 Å². The largest absolute Gasteiger partial charge is 0.496 e. The van der Waals surface area contributed by atoms with E-state index in [0.717, 1.165) is 62.0 Å². The Morgan fingerprint density at radius 3 is 2.83 bits per heavy atom. The summed E-state index contributed by atoms with van der Waals surface area (Å²) in [6.45, 7) is 9.28. The molecule has 1 aliphatic rings. The van der Waals surface area contributed by atoms with Crippen molar-refractivity contribution in [1.82, 2.24) is 15.6 Å². The van der Waals surface area contributed by atoms with Crippen molar-refractivity contribution < 1.29 is 9.47 Å². The summed E-state index contributed by atoms with van der Waals surface area (Å²) in [5, 5.41) is 8.06. The van der Waals surface area contributed by atoms with Gasteiger partial charge < -0.3 is 14.8 Å². The Kier molecular flexibility index (Phi) is 7.42. The van der Waals surface area contributed by atoms with Gasteiger partial charge in [-0.25, -0.2) is 0 Å². The predicted octanol–water partition coefficient (Wildman–Crippen LogP) is 1.52. The second kappa shape index (κ2) is 9.56. The van der Waals surface area contributed by atoms with Crippen molar-refractivity contribution >= 4 is 23.0 Å². The molecular weight excluding hydrogens is 324 g/mol. The monoisotopic (exact) mass is 350 g/mol. The van der Waals surface area contributed by atoms with Gasteiger partial charge in [0, 0.05) is 31.7 Å². The molecule has 7 heteroatoms. The van der Waals surface area contributed by atoms with Crippen LogP contribution >= 0.6 is 12.2 Å². The fraction of sp³-hybridized carbons (Fsp3) is 0.529. The Balaban J connectivity index is 1.81. The maximum atomic E-state index is 5.39. The van der Waals surface area contributed by atoms with E-state index in [2.05, 4.69) is 20.7 Å². The zero-order chi connectivity index (χ0) is 17.4. The standard InChI is InChI=1S/C17H26N4O2S/c1-13-4-5-16(22-3)15(12-13)14(2)19-20-17(24)18-6-7-21-8-10-23-11-9-21/h4-5,12H,6-11H2,1-3H3,(H2,18,20,24)/b19-14-. The van der Waals surface area contributed by atoms with E-state index in [-0.39, 0.29) is 0 Å². The smallest absolute Gasteiger partial charge is 0.187 e. The zero-order valence-corrected chi connectivity index (χ0v) is 15.4. The number of nitrogens with zero attached hydrogens (tertiary/aromatic N) is 2. The number of methoxy groups -OCH3 is 1. The van der Waals surface area contributed by atoms with E-state index in [9.17, 15) is 0 Å². The van der Waals surface area contributed by atoms with E-state index in [0.29, 0.717) is 5.11 Å². The van der Waals surface area contributed by atoms with Crippen LogP contribution in [0.5, 0.6) is 5.75 Å². The minimum Gasteiger partial charge on any atom is -0.496 e. The van der Waals surface area contributed by atoms with Gasteiger partial charge >= 0.3 is 0 Å². The predicted molar refractivity (Wildman–Crippen MR) is 101 cm³/mol. The highest BCUT2D eigenvalue weighted by molar-refractivity contribution is 7.80. The number of hydrazone groups is 1. The first-order valence-corrected chi connectivity index (χ1v) is 8.54. The maximum absolute atomic E-state index is 5.39. The lowest BCUT2D eigenvalue weighted by molar-refractivity contribution is 0.0389. The highest BCUT2D eigenvalue weighted by Crippen LogP contribution is 2.20. The summed E-state index contributed by atoms with van der Waals surface area (Å²) >= 11 is 5.27. The SMILES string of the molecule is COc1ccc(C)cc1/C(C)=N\NC(=S)NCCN1CCOCC1. The molecule has 1 aromatic rings. The third kappa shape index (κ3) is 5.74. The van der Waals surface area contributed by atoms with Crippen LogP contribution in [0.15, 0.2) is 23.3 Å². The van der Waals surface area contributed by atoms with Crippen LogP contribution in [0.1, 0.15) is 18.1 Å². The molecule has 1 fully saturated rings. The van der Waals surface area contributed by atoms with Crippen LogP contribution < -0.4 is 15.5 Å². The molecule has 0 unspecified atom stereocenters. The maximum Gasteiger partial charge on any atom is 0.187 e. The molecule has 0 spiro atoms. The lowest BCUT2D eigenvalue weighted by Gasteiger charge is -2.26. The molecule has 0 saturated carbocycles. The summed E-state index contributed by atoms with van der Waals surface area (Å²) in [5.74, 6) is 0.801. The van der Waals surface area contributed by atoms with E-state index in [4.69, 9.17) is 21.7 Å². The zero-order valence-electron chi connectivity index (χ0n) is 14.6. The van der Waals surface area contributed by atoms with Gasteiger partial charge in [0.25, 0.3) is 0 Å².